The van der Waals surface area contributed by atoms with Crippen LogP contribution in [0.3, 0.4) is 0 Å². The number of rotatable bonds is 3. The zero-order chi connectivity index (χ0) is 20.0. The quantitative estimate of drug-likeness (QED) is 0.532. The molecular formula is C19H15Cl3F3NO. The summed E-state index contributed by atoms with van der Waals surface area (Å²) >= 11 is 17.8. The Bertz CT molecular complexity index is 871. The summed E-state index contributed by atoms with van der Waals surface area (Å²) < 4.78 is 47.3. The van der Waals surface area contributed by atoms with Gasteiger partial charge in [-0.2, -0.15) is 13.2 Å². The molecule has 0 aromatic heterocycles. The van der Waals surface area contributed by atoms with E-state index in [0.29, 0.717) is 11.1 Å². The lowest BCUT2D eigenvalue weighted by Crippen LogP contribution is -2.42. The van der Waals surface area contributed by atoms with E-state index in [0.717, 1.165) is 24.0 Å². The minimum Gasteiger partial charge on any atom is -0.480 e. The Morgan fingerprint density at radius 2 is 1.63 bits per heavy atom. The van der Waals surface area contributed by atoms with Crippen LogP contribution in [0.1, 0.15) is 36.1 Å². The molecule has 0 saturated carbocycles. The third kappa shape index (κ3) is 3.66. The Morgan fingerprint density at radius 3 is 2.11 bits per heavy atom. The van der Waals surface area contributed by atoms with Crippen LogP contribution in [0.15, 0.2) is 42.7 Å². The molecule has 0 amide bonds. The minimum absolute atomic E-state index is 0.00270. The lowest BCUT2D eigenvalue weighted by Gasteiger charge is -2.32. The van der Waals surface area contributed by atoms with Crippen molar-refractivity contribution in [2.45, 2.75) is 31.2 Å². The normalized spacial score (nSPS) is 21.0. The first kappa shape index (κ1) is 20.3. The summed E-state index contributed by atoms with van der Waals surface area (Å²) in [6.07, 6.45) is -3.98. The number of hydrogen-bond acceptors (Lipinski definition) is 2. The second-order valence-electron chi connectivity index (χ2n) is 6.43. The van der Waals surface area contributed by atoms with Crippen molar-refractivity contribution >= 4 is 40.4 Å². The average molecular weight is 437 g/mol. The molecule has 2 aromatic rings. The number of nitrogens with two attached hydrogens (primary N) is 1. The second-order valence-corrected chi connectivity index (χ2v) is 7.62. The van der Waals surface area contributed by atoms with Crippen molar-refractivity contribution in [3.05, 3.63) is 74.4 Å². The summed E-state index contributed by atoms with van der Waals surface area (Å²) in [5.74, 6) is 0. The molecule has 1 unspecified atom stereocenters. The summed E-state index contributed by atoms with van der Waals surface area (Å²) in [5, 5.41) is -0.140. The van der Waals surface area contributed by atoms with Crippen LogP contribution < -0.4 is 5.73 Å². The van der Waals surface area contributed by atoms with E-state index in [1.807, 2.05) is 6.92 Å². The summed E-state index contributed by atoms with van der Waals surface area (Å²) in [6.45, 7) is 1.83. The zero-order valence-corrected chi connectivity index (χ0v) is 16.3. The van der Waals surface area contributed by atoms with Crippen molar-refractivity contribution in [3.63, 3.8) is 0 Å². The molecule has 0 bridgehead atoms. The Labute approximate surface area is 169 Å². The molecule has 1 aliphatic rings. The number of hydrogen-bond donors (Lipinski definition) is 1. The highest BCUT2D eigenvalue weighted by molar-refractivity contribution is 6.48. The van der Waals surface area contributed by atoms with Crippen molar-refractivity contribution in [1.29, 1.82) is 0 Å². The van der Waals surface area contributed by atoms with Gasteiger partial charge in [0.2, 0.25) is 5.60 Å². The van der Waals surface area contributed by atoms with Crippen molar-refractivity contribution in [3.8, 4) is 0 Å². The first-order valence-electron chi connectivity index (χ1n) is 7.99. The fourth-order valence-corrected chi connectivity index (χ4v) is 3.58. The van der Waals surface area contributed by atoms with Gasteiger partial charge >= 0.3 is 6.18 Å². The predicted molar refractivity (Wildman–Crippen MR) is 102 cm³/mol. The molecule has 2 aromatic carbocycles. The molecule has 2 atom stereocenters. The Morgan fingerprint density at radius 1 is 1.07 bits per heavy atom. The molecule has 0 fully saturated rings. The molecule has 3 rings (SSSR count). The number of benzene rings is 2. The van der Waals surface area contributed by atoms with Gasteiger partial charge in [0.05, 0.1) is 21.3 Å². The molecule has 0 radical (unpaired) electrons. The number of ether oxygens (including phenoxy) is 1. The third-order valence-electron chi connectivity index (χ3n) is 4.56. The zero-order valence-electron chi connectivity index (χ0n) is 14.1. The molecule has 0 aliphatic carbocycles. The van der Waals surface area contributed by atoms with E-state index >= 15 is 0 Å². The third-order valence-corrected chi connectivity index (χ3v) is 5.75. The van der Waals surface area contributed by atoms with E-state index in [9.17, 15) is 13.2 Å². The average Bonchev–Trinajstić information content (AvgIpc) is 3.06. The highest BCUT2D eigenvalue weighted by Crippen LogP contribution is 2.53. The second kappa shape index (κ2) is 7.21. The first-order valence-corrected chi connectivity index (χ1v) is 9.13. The lowest BCUT2D eigenvalue weighted by molar-refractivity contribution is -0.260. The maximum Gasteiger partial charge on any atom is 0.432 e. The molecule has 0 spiro atoms. The van der Waals surface area contributed by atoms with E-state index in [1.54, 1.807) is 24.3 Å². The van der Waals surface area contributed by atoms with Crippen LogP contribution in [-0.4, -0.2) is 6.18 Å². The van der Waals surface area contributed by atoms with Gasteiger partial charge in [0.25, 0.3) is 0 Å². The van der Waals surface area contributed by atoms with Gasteiger partial charge in [-0.1, -0.05) is 59.1 Å². The molecule has 0 saturated heterocycles. The molecular weight excluding hydrogens is 422 g/mol. The van der Waals surface area contributed by atoms with Crippen molar-refractivity contribution in [1.82, 2.24) is 0 Å². The largest absolute Gasteiger partial charge is 0.480 e. The van der Waals surface area contributed by atoms with Crippen LogP contribution in [-0.2, 0) is 10.3 Å². The van der Waals surface area contributed by atoms with Crippen LogP contribution in [0.4, 0.5) is 13.2 Å². The lowest BCUT2D eigenvalue weighted by atomic mass is 9.86. The molecule has 2 N–H and O–H groups in total. The van der Waals surface area contributed by atoms with Crippen LogP contribution in [0, 0.1) is 0 Å². The van der Waals surface area contributed by atoms with Gasteiger partial charge in [-0.05, 0) is 35.8 Å². The van der Waals surface area contributed by atoms with Gasteiger partial charge in [-0.3, -0.25) is 0 Å². The van der Waals surface area contributed by atoms with E-state index < -0.39 is 18.2 Å². The summed E-state index contributed by atoms with van der Waals surface area (Å²) in [7, 11) is 0. The van der Waals surface area contributed by atoms with Gasteiger partial charge in [0.15, 0.2) is 0 Å². The van der Waals surface area contributed by atoms with Gasteiger partial charge in [-0.25, -0.2) is 0 Å². The number of alkyl halides is 3. The van der Waals surface area contributed by atoms with E-state index in [-0.39, 0.29) is 26.7 Å². The molecule has 2 nitrogen and oxygen atoms in total. The van der Waals surface area contributed by atoms with Crippen molar-refractivity contribution < 1.29 is 17.9 Å². The van der Waals surface area contributed by atoms with Gasteiger partial charge in [0.1, 0.15) is 0 Å². The summed E-state index contributed by atoms with van der Waals surface area (Å²) in [6, 6.07) is 9.12. The molecule has 27 heavy (non-hydrogen) atoms. The topological polar surface area (TPSA) is 35.2 Å². The van der Waals surface area contributed by atoms with Crippen LogP contribution in [0.5, 0.6) is 0 Å². The van der Waals surface area contributed by atoms with Crippen LogP contribution >= 0.6 is 34.8 Å². The highest BCUT2D eigenvalue weighted by atomic mass is 35.5. The smallest absolute Gasteiger partial charge is 0.432 e. The molecule has 1 heterocycles. The first-order chi connectivity index (χ1) is 12.5. The minimum atomic E-state index is -4.70. The Balaban J connectivity index is 2.00. The Kier molecular flexibility index (Phi) is 5.43. The van der Waals surface area contributed by atoms with E-state index in [1.165, 1.54) is 0 Å². The van der Waals surface area contributed by atoms with Crippen LogP contribution in [0.2, 0.25) is 15.1 Å². The highest BCUT2D eigenvalue weighted by Gasteiger charge is 2.60. The molecule has 144 valence electrons. The predicted octanol–water partition coefficient (Wildman–Crippen LogP) is 6.89. The van der Waals surface area contributed by atoms with E-state index in [2.05, 4.69) is 0 Å². The monoisotopic (exact) mass is 435 g/mol. The fraction of sp³-hybridized carbons (Fsp3) is 0.263. The SMILES string of the molecule is C[C@H](N)c1ccc(C2=COC(c3cc(Cl)c(Cl)c(Cl)c3)(C(F)(F)F)C2)cc1. The van der Waals surface area contributed by atoms with E-state index in [4.69, 9.17) is 45.3 Å². The maximum atomic E-state index is 14.0. The van der Waals surface area contributed by atoms with Crippen molar-refractivity contribution in [2.75, 3.05) is 0 Å². The number of halogens is 6. The van der Waals surface area contributed by atoms with Gasteiger partial charge in [0, 0.05) is 18.0 Å². The summed E-state index contributed by atoms with van der Waals surface area (Å²) in [5.41, 5.74) is 4.94. The fourth-order valence-electron chi connectivity index (χ4n) is 2.98. The molecule has 8 heteroatoms. The molecule has 1 aliphatic heterocycles. The Hall–Kier alpha value is -1.40. The van der Waals surface area contributed by atoms with Crippen molar-refractivity contribution in [2.24, 2.45) is 5.73 Å². The maximum absolute atomic E-state index is 14.0. The summed E-state index contributed by atoms with van der Waals surface area (Å²) in [4.78, 5) is 0. The van der Waals surface area contributed by atoms with Crippen LogP contribution in [0.25, 0.3) is 5.57 Å². The van der Waals surface area contributed by atoms with Gasteiger partial charge in [-0.15, -0.1) is 0 Å². The standard InChI is InChI=1S/C19H15Cl3F3NO/c1-10(26)11-2-4-12(5-3-11)13-8-18(27-9-13,19(23,24)25)14-6-15(20)17(22)16(21)7-14/h2-7,9-10H,8,26H2,1H3/t10-,18?/m0/s1. The van der Waals surface area contributed by atoms with Gasteiger partial charge < -0.3 is 10.5 Å².